The number of guanidine groups is 1. The molecule has 27 heavy (non-hydrogen) atoms. The van der Waals surface area contributed by atoms with E-state index < -0.39 is 0 Å². The summed E-state index contributed by atoms with van der Waals surface area (Å²) in [4.78, 5) is 6.81. The second kappa shape index (κ2) is 10.8. The first-order valence-electron chi connectivity index (χ1n) is 9.64. The van der Waals surface area contributed by atoms with Crippen LogP contribution in [0.25, 0.3) is 0 Å². The summed E-state index contributed by atoms with van der Waals surface area (Å²) in [5.74, 6) is 1.54. The minimum atomic E-state index is -0.214. The second-order valence-electron chi connectivity index (χ2n) is 7.29. The fourth-order valence-corrected chi connectivity index (χ4v) is 3.95. The molecule has 0 bridgehead atoms. The standard InChI is InChI=1S/C20H29ClFN3O.HI/c1-3-23-20(25(2)10-7-14-8-11-26-12-9-14)24-18-13-15(18)19-16(21)5-4-6-17(19)22;/h4-6,14-15,18H,3,7-13H2,1-2H3,(H,23,24);1H. The van der Waals surface area contributed by atoms with E-state index in [1.165, 1.54) is 6.07 Å². The molecule has 0 radical (unpaired) electrons. The van der Waals surface area contributed by atoms with E-state index in [2.05, 4.69) is 22.3 Å². The molecule has 1 N–H and O–H groups in total. The molecule has 0 amide bonds. The summed E-state index contributed by atoms with van der Waals surface area (Å²) in [5, 5.41) is 4.02. The molecular weight excluding hydrogens is 480 g/mol. The van der Waals surface area contributed by atoms with E-state index >= 15 is 0 Å². The maximum atomic E-state index is 14.1. The monoisotopic (exact) mass is 509 g/mol. The summed E-state index contributed by atoms with van der Waals surface area (Å²) in [5.41, 5.74) is 0.632. The van der Waals surface area contributed by atoms with Crippen LogP contribution in [-0.4, -0.2) is 50.3 Å². The highest BCUT2D eigenvalue weighted by Gasteiger charge is 2.42. The van der Waals surface area contributed by atoms with Gasteiger partial charge in [-0.25, -0.2) is 4.39 Å². The molecule has 2 unspecified atom stereocenters. The number of ether oxygens (including phenoxy) is 1. The van der Waals surface area contributed by atoms with Gasteiger partial charge in [-0.3, -0.25) is 4.99 Å². The summed E-state index contributed by atoms with van der Waals surface area (Å²) in [6, 6.07) is 5.09. The number of aliphatic imine (C=N–C) groups is 1. The molecule has 0 spiro atoms. The van der Waals surface area contributed by atoms with Crippen LogP contribution in [0.5, 0.6) is 0 Å². The van der Waals surface area contributed by atoms with Gasteiger partial charge in [-0.15, -0.1) is 24.0 Å². The Bertz CT molecular complexity index is 619. The molecule has 1 heterocycles. The highest BCUT2D eigenvalue weighted by Crippen LogP contribution is 2.44. The number of benzene rings is 1. The Balaban J connectivity index is 0.00000261. The van der Waals surface area contributed by atoms with E-state index in [0.29, 0.717) is 10.6 Å². The number of halogens is 3. The van der Waals surface area contributed by atoms with Crippen LogP contribution in [0.3, 0.4) is 0 Å². The van der Waals surface area contributed by atoms with Crippen molar-refractivity contribution in [1.29, 1.82) is 0 Å². The van der Waals surface area contributed by atoms with E-state index in [1.807, 2.05) is 6.92 Å². The number of hydrogen-bond acceptors (Lipinski definition) is 2. The molecule has 1 aromatic carbocycles. The van der Waals surface area contributed by atoms with E-state index in [0.717, 1.165) is 63.9 Å². The van der Waals surface area contributed by atoms with Crippen molar-refractivity contribution in [3.05, 3.63) is 34.6 Å². The molecule has 0 aromatic heterocycles. The lowest BCUT2D eigenvalue weighted by Crippen LogP contribution is -2.41. The van der Waals surface area contributed by atoms with E-state index in [4.69, 9.17) is 16.3 Å². The average molecular weight is 510 g/mol. The summed E-state index contributed by atoms with van der Waals surface area (Å²) in [6.07, 6.45) is 4.34. The highest BCUT2D eigenvalue weighted by atomic mass is 127. The van der Waals surface area contributed by atoms with Gasteiger partial charge in [0.05, 0.1) is 0 Å². The van der Waals surface area contributed by atoms with Crippen LogP contribution in [0.1, 0.15) is 44.1 Å². The number of rotatable bonds is 6. The van der Waals surface area contributed by atoms with Crippen molar-refractivity contribution in [2.24, 2.45) is 10.9 Å². The maximum absolute atomic E-state index is 14.1. The van der Waals surface area contributed by atoms with Gasteiger partial charge in [0.25, 0.3) is 0 Å². The van der Waals surface area contributed by atoms with Gasteiger partial charge in [-0.2, -0.15) is 0 Å². The molecule has 7 heteroatoms. The van der Waals surface area contributed by atoms with Gasteiger partial charge >= 0.3 is 0 Å². The zero-order valence-corrected chi connectivity index (χ0v) is 19.2. The third kappa shape index (κ3) is 6.19. The van der Waals surface area contributed by atoms with Crippen molar-refractivity contribution in [2.45, 2.75) is 44.6 Å². The third-order valence-electron chi connectivity index (χ3n) is 5.36. The molecule has 2 atom stereocenters. The first kappa shape index (κ1) is 22.7. The topological polar surface area (TPSA) is 36.9 Å². The molecule has 2 fully saturated rings. The lowest BCUT2D eigenvalue weighted by atomic mass is 9.96. The maximum Gasteiger partial charge on any atom is 0.193 e. The minimum Gasteiger partial charge on any atom is -0.381 e. The van der Waals surface area contributed by atoms with Crippen LogP contribution in [0.4, 0.5) is 4.39 Å². The Morgan fingerprint density at radius 1 is 1.37 bits per heavy atom. The summed E-state index contributed by atoms with van der Waals surface area (Å²) in [7, 11) is 2.08. The van der Waals surface area contributed by atoms with Crippen LogP contribution in [0.2, 0.25) is 5.02 Å². The van der Waals surface area contributed by atoms with Gasteiger partial charge in [0, 0.05) is 55.9 Å². The van der Waals surface area contributed by atoms with E-state index in [9.17, 15) is 4.39 Å². The first-order valence-corrected chi connectivity index (χ1v) is 10.0. The Labute approximate surface area is 183 Å². The molecule has 4 nitrogen and oxygen atoms in total. The van der Waals surface area contributed by atoms with Crippen LogP contribution < -0.4 is 5.32 Å². The van der Waals surface area contributed by atoms with Crippen LogP contribution >= 0.6 is 35.6 Å². The van der Waals surface area contributed by atoms with Crippen molar-refractivity contribution < 1.29 is 9.13 Å². The van der Waals surface area contributed by atoms with Gasteiger partial charge in [0.15, 0.2) is 5.96 Å². The van der Waals surface area contributed by atoms with Gasteiger partial charge < -0.3 is 15.0 Å². The minimum absolute atomic E-state index is 0. The molecule has 1 aliphatic carbocycles. The van der Waals surface area contributed by atoms with E-state index in [1.54, 1.807) is 12.1 Å². The highest BCUT2D eigenvalue weighted by molar-refractivity contribution is 14.0. The SMILES string of the molecule is CCN=C(NC1CC1c1c(F)cccc1Cl)N(C)CCC1CCOCC1.I. The average Bonchev–Trinajstić information content (AvgIpc) is 3.39. The van der Waals surface area contributed by atoms with Crippen molar-refractivity contribution in [2.75, 3.05) is 33.4 Å². The molecule has 1 saturated carbocycles. The second-order valence-corrected chi connectivity index (χ2v) is 7.70. The Hall–Kier alpha value is -0.600. The lowest BCUT2D eigenvalue weighted by Gasteiger charge is -2.27. The third-order valence-corrected chi connectivity index (χ3v) is 5.69. The zero-order valence-electron chi connectivity index (χ0n) is 16.1. The van der Waals surface area contributed by atoms with Gasteiger partial charge in [0.1, 0.15) is 5.82 Å². The molecule has 2 aliphatic rings. The summed E-state index contributed by atoms with van der Waals surface area (Å²) < 4.78 is 19.6. The molecule has 1 saturated heterocycles. The Kier molecular flexibility index (Phi) is 9.08. The Morgan fingerprint density at radius 2 is 2.11 bits per heavy atom. The predicted octanol–water partition coefficient (Wildman–Crippen LogP) is 4.67. The largest absolute Gasteiger partial charge is 0.381 e. The van der Waals surface area contributed by atoms with Crippen molar-refractivity contribution in [3.63, 3.8) is 0 Å². The summed E-state index contributed by atoms with van der Waals surface area (Å²) >= 11 is 6.21. The molecule has 152 valence electrons. The van der Waals surface area contributed by atoms with Gasteiger partial charge in [0.2, 0.25) is 0 Å². The zero-order chi connectivity index (χ0) is 18.5. The van der Waals surface area contributed by atoms with Crippen LogP contribution in [-0.2, 0) is 4.74 Å². The molecule has 1 aliphatic heterocycles. The van der Waals surface area contributed by atoms with Crippen molar-refractivity contribution in [1.82, 2.24) is 10.2 Å². The number of hydrogen-bond donors (Lipinski definition) is 1. The van der Waals surface area contributed by atoms with Crippen LogP contribution in [0.15, 0.2) is 23.2 Å². The van der Waals surface area contributed by atoms with Gasteiger partial charge in [-0.05, 0) is 50.7 Å². The molecular formula is C20H30ClFIN3O. The normalized spacial score (nSPS) is 22.9. The van der Waals surface area contributed by atoms with Crippen molar-refractivity contribution >= 4 is 41.5 Å². The van der Waals surface area contributed by atoms with Crippen LogP contribution in [0, 0.1) is 11.7 Å². The molecule has 3 rings (SSSR count). The van der Waals surface area contributed by atoms with Gasteiger partial charge in [-0.1, -0.05) is 17.7 Å². The van der Waals surface area contributed by atoms with E-state index in [-0.39, 0.29) is 41.8 Å². The summed E-state index contributed by atoms with van der Waals surface area (Å²) in [6.45, 7) is 5.49. The number of nitrogens with one attached hydrogen (secondary N) is 1. The lowest BCUT2D eigenvalue weighted by molar-refractivity contribution is 0.0625. The molecule has 1 aromatic rings. The quantitative estimate of drug-likeness (QED) is 0.344. The number of nitrogens with zero attached hydrogens (tertiary/aromatic N) is 2. The fraction of sp³-hybridized carbons (Fsp3) is 0.650. The fourth-order valence-electron chi connectivity index (χ4n) is 3.65. The Morgan fingerprint density at radius 3 is 2.78 bits per heavy atom. The smallest absolute Gasteiger partial charge is 0.193 e. The van der Waals surface area contributed by atoms with Crippen molar-refractivity contribution in [3.8, 4) is 0 Å². The predicted molar refractivity (Wildman–Crippen MR) is 120 cm³/mol. The first-order chi connectivity index (χ1) is 12.6.